The monoisotopic (exact) mass is 1020 g/mol. The van der Waals surface area contributed by atoms with E-state index < -0.39 is 90.0 Å². The van der Waals surface area contributed by atoms with Crippen LogP contribution in [0.25, 0.3) is 0 Å². The minimum absolute atomic E-state index is 0.0716. The lowest BCUT2D eigenvalue weighted by molar-refractivity contribution is -0.265. The summed E-state index contributed by atoms with van der Waals surface area (Å²) in [5.41, 5.74) is 2.00. The van der Waals surface area contributed by atoms with Crippen molar-refractivity contribution in [3.05, 3.63) is 65.8 Å². The average Bonchev–Trinajstić information content (AvgIpc) is 3.38. The van der Waals surface area contributed by atoms with Gasteiger partial charge in [-0.3, -0.25) is 24.0 Å². The van der Waals surface area contributed by atoms with Crippen LogP contribution in [0, 0.1) is 35.5 Å². The normalized spacial score (nSPS) is 38.5. The first-order valence-electron chi connectivity index (χ1n) is 26.7. The van der Waals surface area contributed by atoms with E-state index in [0.717, 1.165) is 11.3 Å². The van der Waals surface area contributed by atoms with E-state index in [-0.39, 0.29) is 67.3 Å². The molecule has 1 amide bonds. The summed E-state index contributed by atoms with van der Waals surface area (Å²) in [4.78, 5) is 79.7. The Morgan fingerprint density at radius 2 is 1.55 bits per heavy atom. The van der Waals surface area contributed by atoms with E-state index in [1.807, 2.05) is 68.3 Å². The Morgan fingerprint density at radius 1 is 0.822 bits per heavy atom. The lowest BCUT2D eigenvalue weighted by Gasteiger charge is -2.43. The van der Waals surface area contributed by atoms with Gasteiger partial charge in [0.1, 0.15) is 36.2 Å². The molecule has 0 radical (unpaired) electrons. The fraction of sp³-hybridized carbons (Fsp3) is 0.702. The molecular formula is C57H84N2O14. The lowest BCUT2D eigenvalue weighted by Crippen LogP contribution is -2.61. The quantitative estimate of drug-likeness (QED) is 0.146. The highest BCUT2D eigenvalue weighted by Crippen LogP contribution is 2.39. The van der Waals surface area contributed by atoms with Crippen LogP contribution in [0.4, 0.5) is 5.69 Å². The topological polar surface area (TPSA) is 208 Å². The molecule has 6 aliphatic rings. The fourth-order valence-electron chi connectivity index (χ4n) is 11.8. The Hall–Kier alpha value is -4.13. The Bertz CT molecular complexity index is 2150. The number of methoxy groups -OCH3 is 3. The number of anilines is 1. The zero-order chi connectivity index (χ0) is 53.3. The summed E-state index contributed by atoms with van der Waals surface area (Å²) in [6.07, 6.45) is 6.48. The van der Waals surface area contributed by atoms with Crippen molar-refractivity contribution in [3.8, 4) is 0 Å². The number of hydrogen-bond donors (Lipinski definition) is 3. The SMILES string of the molecule is COC1CC2CCC(C)C(O)(O2)C(=O)C(=O)N2CCCCC2C(=O)OC(C(C)CC2CCC(O)C(OC)C2)CC(=O)C(C)/C=C(\C)C(O)C(OC)C(=O)C(C)CC(C)C2C=CC(C=C1C)ON2c1ccccc1. The zero-order valence-electron chi connectivity index (χ0n) is 44.9. The number of rotatable bonds is 7. The maximum atomic E-state index is 14.5. The predicted octanol–water partition coefficient (Wildman–Crippen LogP) is 6.81. The number of para-hydroxylation sites is 1. The second-order valence-electron chi connectivity index (χ2n) is 21.9. The van der Waals surface area contributed by atoms with Crippen LogP contribution in [0.2, 0.25) is 0 Å². The van der Waals surface area contributed by atoms with E-state index in [9.17, 15) is 39.3 Å². The molecule has 1 aromatic rings. The first-order chi connectivity index (χ1) is 34.7. The molecule has 0 aromatic heterocycles. The number of esters is 1. The number of nitrogens with zero attached hydrogens (tertiary/aromatic N) is 2. The molecule has 1 saturated carbocycles. The number of ether oxygens (including phenoxy) is 5. The second-order valence-corrected chi connectivity index (χ2v) is 21.9. The van der Waals surface area contributed by atoms with Gasteiger partial charge in [0.05, 0.1) is 36.1 Å². The number of allylic oxidation sites excluding steroid dienone is 1. The van der Waals surface area contributed by atoms with Gasteiger partial charge in [0, 0.05) is 58.5 Å². The highest BCUT2D eigenvalue weighted by atomic mass is 16.7. The van der Waals surface area contributed by atoms with Crippen molar-refractivity contribution in [3.63, 3.8) is 0 Å². The van der Waals surface area contributed by atoms with E-state index >= 15 is 0 Å². The number of ketones is 3. The smallest absolute Gasteiger partial charge is 0.329 e. The van der Waals surface area contributed by atoms with Gasteiger partial charge in [-0.05, 0) is 125 Å². The number of carbonyl (C=O) groups excluding carboxylic acids is 5. The van der Waals surface area contributed by atoms with Gasteiger partial charge < -0.3 is 43.9 Å². The van der Waals surface area contributed by atoms with Crippen LogP contribution in [0.5, 0.6) is 0 Å². The van der Waals surface area contributed by atoms with Gasteiger partial charge in [-0.1, -0.05) is 71.0 Å². The summed E-state index contributed by atoms with van der Waals surface area (Å²) in [5, 5.41) is 36.2. The third-order valence-corrected chi connectivity index (χ3v) is 16.5. The lowest BCUT2D eigenvalue weighted by atomic mass is 9.78. The van der Waals surface area contributed by atoms with Crippen molar-refractivity contribution in [2.45, 2.75) is 192 Å². The Labute approximate surface area is 432 Å². The largest absolute Gasteiger partial charge is 0.460 e. The summed E-state index contributed by atoms with van der Waals surface area (Å²) in [6, 6.07) is 8.24. The minimum Gasteiger partial charge on any atom is -0.460 e. The summed E-state index contributed by atoms with van der Waals surface area (Å²) in [5.74, 6) is -8.42. The zero-order valence-corrected chi connectivity index (χ0v) is 44.9. The summed E-state index contributed by atoms with van der Waals surface area (Å²) in [6.45, 7) is 12.8. The van der Waals surface area contributed by atoms with Crippen molar-refractivity contribution in [1.29, 1.82) is 0 Å². The Balaban J connectivity index is 1.35. The van der Waals surface area contributed by atoms with Crippen LogP contribution < -0.4 is 5.06 Å². The number of piperidine rings is 1. The standard InChI is InChI=1S/C57H84N2O14/c1-33-26-37(5)51(62)53(70-10)52(63)38(6)27-34(2)47(61)32-49(35(3)28-40-20-24-46(60)50(30-40)69-9)71-56(66)45-18-14-15-25-58(45)55(65)54(64)57(67)39(7)19-21-42(72-57)31-48(68-8)36(4)29-43-22-23-44(33)59(73-43)41-16-12-11-13-17-41/h11-13,16-17,22-23,27,29,33-35,37,39-40,42-46,48-50,52-53,60,63,67H,14-15,18-21,24-26,28,30-32H2,1-10H3/b36-29?,38-27+. The summed E-state index contributed by atoms with van der Waals surface area (Å²) in [7, 11) is 4.53. The van der Waals surface area contributed by atoms with Gasteiger partial charge in [0.15, 0.2) is 5.78 Å². The van der Waals surface area contributed by atoms with Crippen LogP contribution >= 0.6 is 0 Å². The van der Waals surface area contributed by atoms with Gasteiger partial charge in [-0.2, -0.15) is 0 Å². The third-order valence-electron chi connectivity index (χ3n) is 16.5. The maximum absolute atomic E-state index is 14.5. The first kappa shape index (κ1) is 58.1. The molecule has 73 heavy (non-hydrogen) atoms. The molecule has 5 heterocycles. The van der Waals surface area contributed by atoms with Gasteiger partial charge in [-0.25, -0.2) is 9.86 Å². The molecule has 2 saturated heterocycles. The van der Waals surface area contributed by atoms with Crippen molar-refractivity contribution in [1.82, 2.24) is 4.90 Å². The summed E-state index contributed by atoms with van der Waals surface area (Å²) >= 11 is 0. The van der Waals surface area contributed by atoms with Crippen LogP contribution in [-0.4, -0.2) is 144 Å². The molecule has 4 bridgehead atoms. The number of fused-ring (bicyclic) bond motifs is 16. The highest BCUT2D eigenvalue weighted by Gasteiger charge is 2.53. The number of benzene rings is 1. The summed E-state index contributed by atoms with van der Waals surface area (Å²) < 4.78 is 29.9. The molecular weight excluding hydrogens is 937 g/mol. The first-order valence-corrected chi connectivity index (χ1v) is 26.7. The van der Waals surface area contributed by atoms with E-state index in [2.05, 4.69) is 13.0 Å². The average molecular weight is 1020 g/mol. The molecule has 1 aliphatic carbocycles. The van der Waals surface area contributed by atoms with Crippen molar-refractivity contribution in [2.75, 3.05) is 32.9 Å². The van der Waals surface area contributed by atoms with Gasteiger partial charge >= 0.3 is 5.97 Å². The molecule has 17 unspecified atom stereocenters. The fourth-order valence-corrected chi connectivity index (χ4v) is 11.8. The molecule has 406 valence electrons. The molecule has 5 aliphatic heterocycles. The van der Waals surface area contributed by atoms with Crippen molar-refractivity contribution in [2.24, 2.45) is 35.5 Å². The minimum atomic E-state index is -2.47. The number of hydrogen-bond acceptors (Lipinski definition) is 15. The molecule has 17 atom stereocenters. The van der Waals surface area contributed by atoms with E-state index in [0.29, 0.717) is 63.4 Å². The van der Waals surface area contributed by atoms with Crippen LogP contribution in [0.15, 0.2) is 65.8 Å². The van der Waals surface area contributed by atoms with Crippen molar-refractivity contribution >= 4 is 34.9 Å². The molecule has 3 N–H and O–H groups in total. The Morgan fingerprint density at radius 3 is 2.23 bits per heavy atom. The predicted molar refractivity (Wildman–Crippen MR) is 274 cm³/mol. The van der Waals surface area contributed by atoms with E-state index in [1.54, 1.807) is 41.1 Å². The molecule has 16 heteroatoms. The number of Topliss-reactive ketones (excluding diaryl/α,β-unsaturated/α-hetero) is 3. The highest BCUT2D eigenvalue weighted by molar-refractivity contribution is 6.39. The van der Waals surface area contributed by atoms with Gasteiger partial charge in [-0.15, -0.1) is 0 Å². The Kier molecular flexibility index (Phi) is 20.8. The van der Waals surface area contributed by atoms with Crippen LogP contribution in [0.1, 0.15) is 126 Å². The third kappa shape index (κ3) is 14.0. The van der Waals surface area contributed by atoms with Crippen LogP contribution in [0.3, 0.4) is 0 Å². The molecule has 0 spiro atoms. The van der Waals surface area contributed by atoms with E-state index in [1.165, 1.54) is 12.0 Å². The van der Waals surface area contributed by atoms with Gasteiger partial charge in [0.2, 0.25) is 5.79 Å². The molecule has 1 aromatic carbocycles. The second kappa shape index (κ2) is 26.1. The molecule has 16 nitrogen and oxygen atoms in total. The molecule has 7 rings (SSSR count). The van der Waals surface area contributed by atoms with Crippen molar-refractivity contribution < 1.29 is 67.8 Å². The number of amides is 1. The van der Waals surface area contributed by atoms with E-state index in [4.69, 9.17) is 28.5 Å². The number of aliphatic hydroxyl groups excluding tert-OH is 2. The number of aliphatic hydroxyl groups is 3. The van der Waals surface area contributed by atoms with Gasteiger partial charge in [0.25, 0.3) is 11.7 Å². The maximum Gasteiger partial charge on any atom is 0.329 e. The molecule has 3 fully saturated rings. The number of hydroxylamine groups is 1. The number of carbonyl (C=O) groups is 5. The van der Waals surface area contributed by atoms with Crippen LogP contribution in [-0.2, 0) is 52.5 Å².